The molecule has 2 aromatic heterocycles. The molecule has 5 aromatic rings. The molecular formula is C31H28N2O3. The molecule has 0 aliphatic rings. The molecule has 0 fully saturated rings. The Bertz CT molecular complexity index is 1580. The van der Waals surface area contributed by atoms with Gasteiger partial charge in [0.15, 0.2) is 0 Å². The molecule has 1 amide bonds. The van der Waals surface area contributed by atoms with Crippen molar-refractivity contribution in [3.63, 3.8) is 0 Å². The van der Waals surface area contributed by atoms with Crippen LogP contribution in [0.2, 0.25) is 0 Å². The van der Waals surface area contributed by atoms with Crippen LogP contribution in [0.4, 0.5) is 0 Å². The fourth-order valence-electron chi connectivity index (χ4n) is 4.62. The minimum absolute atomic E-state index is 0.161. The molecule has 1 N–H and O–H groups in total. The molecule has 2 heterocycles. The Balaban J connectivity index is 1.58. The number of pyridine rings is 1. The predicted molar refractivity (Wildman–Crippen MR) is 145 cm³/mol. The lowest BCUT2D eigenvalue weighted by molar-refractivity contribution is -0.116. The standard InChI is InChI=1S/C31H28N2O3/c1-4-35-30-21(3)31-27(28(19-36-31)25-11-7-9-23-8-5-6-10-24(23)25)17-26(30)20(2)16-29(34)33-18-22-12-14-32-15-13-22/h5-17,19H,4,18H2,1-3H3,(H,33,34)/b20-16+. The average Bonchev–Trinajstić information content (AvgIpc) is 3.33. The number of benzene rings is 3. The molecule has 5 nitrogen and oxygen atoms in total. The normalized spacial score (nSPS) is 11.7. The van der Waals surface area contributed by atoms with Crippen molar-refractivity contribution in [3.8, 4) is 16.9 Å². The first kappa shape index (κ1) is 23.4. The molecule has 0 unspecified atom stereocenters. The molecule has 0 saturated heterocycles. The molecule has 0 radical (unpaired) electrons. The van der Waals surface area contributed by atoms with Gasteiger partial charge >= 0.3 is 0 Å². The van der Waals surface area contributed by atoms with Crippen LogP contribution >= 0.6 is 0 Å². The van der Waals surface area contributed by atoms with Crippen LogP contribution in [-0.4, -0.2) is 17.5 Å². The van der Waals surface area contributed by atoms with Crippen LogP contribution in [0, 0.1) is 6.92 Å². The van der Waals surface area contributed by atoms with E-state index in [0.29, 0.717) is 13.2 Å². The third-order valence-corrected chi connectivity index (χ3v) is 6.40. The smallest absolute Gasteiger partial charge is 0.244 e. The highest BCUT2D eigenvalue weighted by atomic mass is 16.5. The Morgan fingerprint density at radius 1 is 1.03 bits per heavy atom. The van der Waals surface area contributed by atoms with Gasteiger partial charge in [-0.3, -0.25) is 9.78 Å². The Labute approximate surface area is 210 Å². The van der Waals surface area contributed by atoms with Crippen molar-refractivity contribution in [3.05, 3.63) is 102 Å². The van der Waals surface area contributed by atoms with Crippen molar-refractivity contribution >= 4 is 33.2 Å². The van der Waals surface area contributed by atoms with Crippen LogP contribution in [0.25, 0.3) is 38.4 Å². The van der Waals surface area contributed by atoms with E-state index in [2.05, 4.69) is 52.8 Å². The fraction of sp³-hybridized carbons (Fsp3) is 0.161. The maximum atomic E-state index is 12.7. The van der Waals surface area contributed by atoms with E-state index >= 15 is 0 Å². The Morgan fingerprint density at radius 3 is 2.61 bits per heavy atom. The summed E-state index contributed by atoms with van der Waals surface area (Å²) in [7, 11) is 0. The van der Waals surface area contributed by atoms with Crippen molar-refractivity contribution in [2.24, 2.45) is 0 Å². The summed E-state index contributed by atoms with van der Waals surface area (Å²) in [6, 6.07) is 20.5. The lowest BCUT2D eigenvalue weighted by Crippen LogP contribution is -2.20. The molecule has 0 spiro atoms. The van der Waals surface area contributed by atoms with Crippen molar-refractivity contribution in [1.82, 2.24) is 10.3 Å². The number of hydrogen-bond acceptors (Lipinski definition) is 4. The molecule has 36 heavy (non-hydrogen) atoms. The van der Waals surface area contributed by atoms with Gasteiger partial charge in [0.2, 0.25) is 5.91 Å². The topological polar surface area (TPSA) is 64.4 Å². The van der Waals surface area contributed by atoms with Crippen LogP contribution in [-0.2, 0) is 11.3 Å². The van der Waals surface area contributed by atoms with E-state index in [1.165, 1.54) is 10.8 Å². The van der Waals surface area contributed by atoms with Gasteiger partial charge in [-0.1, -0.05) is 42.5 Å². The Morgan fingerprint density at radius 2 is 1.81 bits per heavy atom. The largest absolute Gasteiger partial charge is 0.493 e. The van der Waals surface area contributed by atoms with Gasteiger partial charge < -0.3 is 14.5 Å². The van der Waals surface area contributed by atoms with Crippen LogP contribution < -0.4 is 10.1 Å². The summed E-state index contributed by atoms with van der Waals surface area (Å²) >= 11 is 0. The molecule has 0 saturated carbocycles. The number of ether oxygens (including phenoxy) is 1. The zero-order valence-electron chi connectivity index (χ0n) is 20.7. The zero-order valence-corrected chi connectivity index (χ0v) is 20.7. The minimum atomic E-state index is -0.161. The van der Waals surface area contributed by atoms with Crippen LogP contribution in [0.1, 0.15) is 30.5 Å². The van der Waals surface area contributed by atoms with Crippen molar-refractivity contribution in [1.29, 1.82) is 0 Å². The van der Waals surface area contributed by atoms with Gasteiger partial charge in [-0.15, -0.1) is 0 Å². The molecule has 0 aliphatic carbocycles. The number of carbonyl (C=O) groups is 1. The van der Waals surface area contributed by atoms with E-state index in [9.17, 15) is 4.79 Å². The monoisotopic (exact) mass is 476 g/mol. The highest BCUT2D eigenvalue weighted by molar-refractivity contribution is 6.07. The number of furan rings is 1. The summed E-state index contributed by atoms with van der Waals surface area (Å²) in [4.78, 5) is 16.8. The minimum Gasteiger partial charge on any atom is -0.493 e. The molecule has 0 aliphatic heterocycles. The molecule has 3 aromatic carbocycles. The number of fused-ring (bicyclic) bond motifs is 2. The van der Waals surface area contributed by atoms with Crippen molar-refractivity contribution < 1.29 is 13.9 Å². The summed E-state index contributed by atoms with van der Waals surface area (Å²) < 4.78 is 12.1. The van der Waals surface area contributed by atoms with E-state index in [-0.39, 0.29) is 5.91 Å². The predicted octanol–water partition coefficient (Wildman–Crippen LogP) is 7.07. The first-order chi connectivity index (χ1) is 17.6. The summed E-state index contributed by atoms with van der Waals surface area (Å²) in [5.74, 6) is 0.575. The first-order valence-electron chi connectivity index (χ1n) is 12.1. The third-order valence-electron chi connectivity index (χ3n) is 6.40. The summed E-state index contributed by atoms with van der Waals surface area (Å²) in [5.41, 5.74) is 6.53. The second-order valence-corrected chi connectivity index (χ2v) is 8.76. The Hall–Kier alpha value is -4.38. The molecule has 0 atom stereocenters. The van der Waals surface area contributed by atoms with Gasteiger partial charge in [0.1, 0.15) is 11.3 Å². The number of aromatic nitrogens is 1. The van der Waals surface area contributed by atoms with Crippen molar-refractivity contribution in [2.75, 3.05) is 6.61 Å². The lowest BCUT2D eigenvalue weighted by atomic mass is 9.94. The van der Waals surface area contributed by atoms with Crippen LogP contribution in [0.15, 0.2) is 89.8 Å². The maximum Gasteiger partial charge on any atom is 0.244 e. The second-order valence-electron chi connectivity index (χ2n) is 8.76. The van der Waals surface area contributed by atoms with Crippen LogP contribution in [0.3, 0.4) is 0 Å². The highest BCUT2D eigenvalue weighted by Gasteiger charge is 2.20. The SMILES string of the molecule is CCOc1c(/C(C)=C/C(=O)NCc2ccncc2)cc2c(-c3cccc4ccccc34)coc2c1C. The number of hydrogen-bond donors (Lipinski definition) is 1. The van der Waals surface area contributed by atoms with E-state index in [1.54, 1.807) is 18.5 Å². The van der Waals surface area contributed by atoms with Gasteiger partial charge in [-0.05, 0) is 66.4 Å². The highest BCUT2D eigenvalue weighted by Crippen LogP contribution is 2.42. The first-order valence-corrected chi connectivity index (χ1v) is 12.1. The second kappa shape index (κ2) is 10.1. The number of aryl methyl sites for hydroxylation is 1. The van der Waals surface area contributed by atoms with E-state index < -0.39 is 0 Å². The van der Waals surface area contributed by atoms with Crippen LogP contribution in [0.5, 0.6) is 5.75 Å². The third kappa shape index (κ3) is 4.48. The van der Waals surface area contributed by atoms with E-state index in [0.717, 1.165) is 50.1 Å². The Kier molecular flexibility index (Phi) is 6.54. The van der Waals surface area contributed by atoms with Crippen molar-refractivity contribution in [2.45, 2.75) is 27.3 Å². The fourth-order valence-corrected chi connectivity index (χ4v) is 4.62. The van der Waals surface area contributed by atoms with Gasteiger partial charge in [0, 0.05) is 47.1 Å². The lowest BCUT2D eigenvalue weighted by Gasteiger charge is -2.15. The van der Waals surface area contributed by atoms with Gasteiger partial charge in [-0.25, -0.2) is 0 Å². The van der Waals surface area contributed by atoms with Gasteiger partial charge in [-0.2, -0.15) is 0 Å². The number of nitrogens with zero attached hydrogens (tertiary/aromatic N) is 1. The molecule has 0 bridgehead atoms. The summed E-state index contributed by atoms with van der Waals surface area (Å²) in [6.07, 6.45) is 6.88. The average molecular weight is 477 g/mol. The van der Waals surface area contributed by atoms with E-state index in [4.69, 9.17) is 9.15 Å². The summed E-state index contributed by atoms with van der Waals surface area (Å²) in [5, 5.41) is 6.29. The van der Waals surface area contributed by atoms with E-state index in [1.807, 2.05) is 45.2 Å². The molecular weight excluding hydrogens is 448 g/mol. The number of allylic oxidation sites excluding steroid dienone is 1. The number of amides is 1. The number of nitrogens with one attached hydrogen (secondary N) is 1. The number of carbonyl (C=O) groups excluding carboxylic acids is 1. The van der Waals surface area contributed by atoms with Gasteiger partial charge in [0.05, 0.1) is 12.9 Å². The molecule has 5 rings (SSSR count). The summed E-state index contributed by atoms with van der Waals surface area (Å²) in [6.45, 7) is 6.85. The number of rotatable bonds is 7. The maximum absolute atomic E-state index is 12.7. The van der Waals surface area contributed by atoms with Gasteiger partial charge in [0.25, 0.3) is 0 Å². The molecule has 180 valence electrons. The quantitative estimate of drug-likeness (QED) is 0.255. The zero-order chi connectivity index (χ0) is 25.1. The molecule has 5 heteroatoms.